The van der Waals surface area contributed by atoms with Crippen LogP contribution in [0.1, 0.15) is 28.9 Å². The Hall–Kier alpha value is -3.08. The van der Waals surface area contributed by atoms with Crippen molar-refractivity contribution in [3.8, 4) is 11.4 Å². The van der Waals surface area contributed by atoms with Crippen molar-refractivity contribution >= 4 is 5.91 Å². The maximum atomic E-state index is 12.8. The van der Waals surface area contributed by atoms with Crippen molar-refractivity contribution in [1.82, 2.24) is 14.7 Å². The first-order valence-corrected chi connectivity index (χ1v) is 8.12. The van der Waals surface area contributed by atoms with E-state index in [9.17, 15) is 4.79 Å². The zero-order valence-corrected chi connectivity index (χ0v) is 14.6. The van der Waals surface area contributed by atoms with Crippen LogP contribution in [0.3, 0.4) is 0 Å². The summed E-state index contributed by atoms with van der Waals surface area (Å²) < 4.78 is 7.17. The van der Waals surface area contributed by atoms with Gasteiger partial charge in [0.25, 0.3) is 5.91 Å². The van der Waals surface area contributed by atoms with Gasteiger partial charge in [0.1, 0.15) is 5.75 Å². The van der Waals surface area contributed by atoms with Gasteiger partial charge in [0.15, 0.2) is 0 Å². The molecule has 1 amide bonds. The maximum absolute atomic E-state index is 12.8. The number of nitrogens with zero attached hydrogens (tertiary/aromatic N) is 3. The zero-order chi connectivity index (χ0) is 17.8. The summed E-state index contributed by atoms with van der Waals surface area (Å²) in [5.74, 6) is 0.745. The Morgan fingerprint density at radius 3 is 2.48 bits per heavy atom. The third kappa shape index (κ3) is 3.40. The highest BCUT2D eigenvalue weighted by Crippen LogP contribution is 2.29. The van der Waals surface area contributed by atoms with Gasteiger partial charge in [-0.3, -0.25) is 4.79 Å². The molecule has 0 saturated carbocycles. The van der Waals surface area contributed by atoms with Gasteiger partial charge >= 0.3 is 0 Å². The highest BCUT2D eigenvalue weighted by Gasteiger charge is 2.21. The first-order chi connectivity index (χ1) is 12.1. The summed E-state index contributed by atoms with van der Waals surface area (Å²) in [7, 11) is 3.45. The molecule has 3 aromatic rings. The monoisotopic (exact) mass is 335 g/mol. The molecule has 0 aliphatic rings. The smallest absolute Gasteiger partial charge is 0.254 e. The molecule has 5 nitrogen and oxygen atoms in total. The molecule has 0 spiro atoms. The number of rotatable bonds is 5. The van der Waals surface area contributed by atoms with Gasteiger partial charge in [-0.05, 0) is 43.3 Å². The second-order valence-electron chi connectivity index (χ2n) is 5.83. The number of carbonyl (C=O) groups excluding carboxylic acids is 1. The van der Waals surface area contributed by atoms with E-state index in [-0.39, 0.29) is 11.9 Å². The minimum absolute atomic E-state index is 0.0366. The summed E-state index contributed by atoms with van der Waals surface area (Å²) in [6.45, 7) is 1.99. The molecule has 0 bridgehead atoms. The van der Waals surface area contributed by atoms with Gasteiger partial charge in [0, 0.05) is 30.6 Å². The summed E-state index contributed by atoms with van der Waals surface area (Å²) in [5.41, 5.74) is 2.54. The number of hydrogen-bond donors (Lipinski definition) is 0. The SMILES string of the molecule is COc1ccccc1C(C)N(C)C(=O)c1ccc(-n2cccn2)cc1. The molecule has 0 saturated heterocycles. The molecule has 0 fully saturated rings. The molecule has 1 aromatic heterocycles. The number of methoxy groups -OCH3 is 1. The van der Waals surface area contributed by atoms with Gasteiger partial charge in [-0.25, -0.2) is 4.68 Å². The van der Waals surface area contributed by atoms with Gasteiger partial charge in [-0.2, -0.15) is 5.10 Å². The van der Waals surface area contributed by atoms with Crippen LogP contribution in [-0.4, -0.2) is 34.7 Å². The van der Waals surface area contributed by atoms with Crippen molar-refractivity contribution < 1.29 is 9.53 Å². The van der Waals surface area contributed by atoms with Crippen molar-refractivity contribution in [2.75, 3.05) is 14.2 Å². The predicted molar refractivity (Wildman–Crippen MR) is 97.1 cm³/mol. The Bertz CT molecular complexity index is 842. The number of hydrogen-bond acceptors (Lipinski definition) is 3. The Labute approximate surface area is 147 Å². The highest BCUT2D eigenvalue weighted by atomic mass is 16.5. The molecule has 0 aliphatic heterocycles. The first kappa shape index (κ1) is 16.8. The fourth-order valence-corrected chi connectivity index (χ4v) is 2.78. The van der Waals surface area contributed by atoms with E-state index in [1.54, 1.807) is 29.9 Å². The summed E-state index contributed by atoms with van der Waals surface area (Å²) in [6.07, 6.45) is 3.59. The van der Waals surface area contributed by atoms with Gasteiger partial charge < -0.3 is 9.64 Å². The lowest BCUT2D eigenvalue weighted by Gasteiger charge is -2.26. The minimum atomic E-state index is -0.102. The van der Waals surface area contributed by atoms with E-state index in [1.165, 1.54) is 0 Å². The average molecular weight is 335 g/mol. The third-order valence-corrected chi connectivity index (χ3v) is 4.37. The van der Waals surface area contributed by atoms with Gasteiger partial charge in [-0.1, -0.05) is 18.2 Å². The molecular weight excluding hydrogens is 314 g/mol. The average Bonchev–Trinajstić information content (AvgIpc) is 3.21. The normalized spacial score (nSPS) is 11.8. The van der Waals surface area contributed by atoms with Gasteiger partial charge in [-0.15, -0.1) is 0 Å². The van der Waals surface area contributed by atoms with E-state index >= 15 is 0 Å². The lowest BCUT2D eigenvalue weighted by Crippen LogP contribution is -2.29. The Kier molecular flexibility index (Phi) is 4.84. The summed E-state index contributed by atoms with van der Waals surface area (Å²) in [5, 5.41) is 4.19. The topological polar surface area (TPSA) is 47.4 Å². The minimum Gasteiger partial charge on any atom is -0.496 e. The van der Waals surface area contributed by atoms with Crippen molar-refractivity contribution in [3.63, 3.8) is 0 Å². The number of ether oxygens (including phenoxy) is 1. The van der Waals surface area contributed by atoms with E-state index in [2.05, 4.69) is 5.10 Å². The molecular formula is C20H21N3O2. The largest absolute Gasteiger partial charge is 0.496 e. The van der Waals surface area contributed by atoms with Crippen LogP contribution in [0.5, 0.6) is 5.75 Å². The Morgan fingerprint density at radius 2 is 1.84 bits per heavy atom. The molecule has 25 heavy (non-hydrogen) atoms. The quantitative estimate of drug-likeness (QED) is 0.714. The van der Waals surface area contributed by atoms with Gasteiger partial charge in [0.2, 0.25) is 0 Å². The van der Waals surface area contributed by atoms with E-state index in [4.69, 9.17) is 4.74 Å². The molecule has 3 rings (SSSR count). The molecule has 0 aliphatic carbocycles. The molecule has 0 radical (unpaired) electrons. The second kappa shape index (κ2) is 7.21. The van der Waals surface area contributed by atoms with Crippen LogP contribution >= 0.6 is 0 Å². The van der Waals surface area contributed by atoms with Crippen molar-refractivity contribution in [3.05, 3.63) is 78.1 Å². The van der Waals surface area contributed by atoms with Crippen LogP contribution in [0.2, 0.25) is 0 Å². The number of para-hydroxylation sites is 1. The fourth-order valence-electron chi connectivity index (χ4n) is 2.78. The van der Waals surface area contributed by atoms with E-state index in [0.717, 1.165) is 17.0 Å². The molecule has 1 unspecified atom stereocenters. The summed E-state index contributed by atoms with van der Waals surface area (Å²) >= 11 is 0. The summed E-state index contributed by atoms with van der Waals surface area (Å²) in [6, 6.07) is 16.9. The molecule has 2 aromatic carbocycles. The fraction of sp³-hybridized carbons (Fsp3) is 0.200. The summed E-state index contributed by atoms with van der Waals surface area (Å²) in [4.78, 5) is 14.5. The molecule has 128 valence electrons. The number of carbonyl (C=O) groups is 1. The highest BCUT2D eigenvalue weighted by molar-refractivity contribution is 5.94. The Balaban J connectivity index is 1.80. The van der Waals surface area contributed by atoms with Crippen LogP contribution in [0.25, 0.3) is 5.69 Å². The number of amides is 1. The third-order valence-electron chi connectivity index (χ3n) is 4.37. The second-order valence-corrected chi connectivity index (χ2v) is 5.83. The van der Waals surface area contributed by atoms with E-state index in [1.807, 2.05) is 67.7 Å². The maximum Gasteiger partial charge on any atom is 0.254 e. The van der Waals surface area contributed by atoms with Gasteiger partial charge in [0.05, 0.1) is 18.8 Å². The first-order valence-electron chi connectivity index (χ1n) is 8.12. The van der Waals surface area contributed by atoms with E-state index < -0.39 is 0 Å². The van der Waals surface area contributed by atoms with Crippen LogP contribution in [0.4, 0.5) is 0 Å². The van der Waals surface area contributed by atoms with Crippen LogP contribution in [-0.2, 0) is 0 Å². The number of aromatic nitrogens is 2. The molecule has 5 heteroatoms. The molecule has 1 atom stereocenters. The van der Waals surface area contributed by atoms with Crippen molar-refractivity contribution in [2.45, 2.75) is 13.0 Å². The lowest BCUT2D eigenvalue weighted by molar-refractivity contribution is 0.0741. The van der Waals surface area contributed by atoms with E-state index in [0.29, 0.717) is 5.56 Å². The van der Waals surface area contributed by atoms with Crippen molar-refractivity contribution in [1.29, 1.82) is 0 Å². The Morgan fingerprint density at radius 1 is 1.12 bits per heavy atom. The lowest BCUT2D eigenvalue weighted by atomic mass is 10.0. The van der Waals surface area contributed by atoms with Crippen LogP contribution < -0.4 is 4.74 Å². The zero-order valence-electron chi connectivity index (χ0n) is 14.6. The van der Waals surface area contributed by atoms with Crippen LogP contribution in [0, 0.1) is 0 Å². The van der Waals surface area contributed by atoms with Crippen LogP contribution in [0.15, 0.2) is 67.0 Å². The predicted octanol–water partition coefficient (Wildman–Crippen LogP) is 3.71. The standard InChI is InChI=1S/C20H21N3O2/c1-15(18-7-4-5-8-19(18)25-3)22(2)20(24)16-9-11-17(12-10-16)23-14-6-13-21-23/h4-15H,1-3H3. The van der Waals surface area contributed by atoms with Crippen molar-refractivity contribution in [2.24, 2.45) is 0 Å². The molecule has 0 N–H and O–H groups in total. The number of benzene rings is 2. The molecule has 1 heterocycles.